The van der Waals surface area contributed by atoms with Gasteiger partial charge in [0.15, 0.2) is 0 Å². The minimum atomic E-state index is -4.72. The predicted molar refractivity (Wildman–Crippen MR) is 65.7 cm³/mol. The van der Waals surface area contributed by atoms with Gasteiger partial charge in [-0.3, -0.25) is 0 Å². The first-order valence-corrected chi connectivity index (χ1v) is 5.55. The van der Waals surface area contributed by atoms with Crippen LogP contribution in [0.25, 0.3) is 0 Å². The van der Waals surface area contributed by atoms with Gasteiger partial charge in [0.25, 0.3) is 0 Å². The number of rotatable bonds is 3. The van der Waals surface area contributed by atoms with E-state index in [2.05, 4.69) is 15.0 Å². The van der Waals surface area contributed by atoms with E-state index >= 15 is 0 Å². The average Bonchev–Trinajstić information content (AvgIpc) is 2.27. The monoisotopic (exact) mass is 288 g/mol. The van der Waals surface area contributed by atoms with Crippen LogP contribution in [0.15, 0.2) is 42.5 Å². The Hall–Kier alpha value is -1.95. The van der Waals surface area contributed by atoms with Gasteiger partial charge in [-0.05, 0) is 24.3 Å². The maximum absolute atomic E-state index is 12.1. The number of halogens is 4. The molecular formula is C12H8ClF3N2O. The summed E-state index contributed by atoms with van der Waals surface area (Å²) < 4.78 is 40.1. The molecule has 3 nitrogen and oxygen atoms in total. The second kappa shape index (κ2) is 5.36. The van der Waals surface area contributed by atoms with Gasteiger partial charge in [0.1, 0.15) is 16.7 Å². The smallest absolute Gasteiger partial charge is 0.406 e. The minimum absolute atomic E-state index is 0.285. The molecule has 0 aliphatic rings. The van der Waals surface area contributed by atoms with Crippen LogP contribution in [0.4, 0.5) is 24.7 Å². The van der Waals surface area contributed by atoms with Crippen molar-refractivity contribution >= 4 is 23.1 Å². The number of anilines is 2. The van der Waals surface area contributed by atoms with Crippen LogP contribution in [0.3, 0.4) is 0 Å². The largest absolute Gasteiger partial charge is 0.573 e. The van der Waals surface area contributed by atoms with E-state index in [1.54, 1.807) is 24.3 Å². The first-order chi connectivity index (χ1) is 8.92. The molecule has 100 valence electrons. The Morgan fingerprint density at radius 3 is 2.53 bits per heavy atom. The van der Waals surface area contributed by atoms with Crippen LogP contribution in [0.2, 0.25) is 5.15 Å². The van der Waals surface area contributed by atoms with E-state index in [0.717, 1.165) is 0 Å². The number of benzene rings is 1. The molecule has 0 aliphatic heterocycles. The summed E-state index contributed by atoms with van der Waals surface area (Å²) in [4.78, 5) is 3.96. The maximum atomic E-state index is 12.1. The molecular weight excluding hydrogens is 281 g/mol. The zero-order valence-electron chi connectivity index (χ0n) is 9.41. The molecule has 1 heterocycles. The first kappa shape index (κ1) is 13.5. The van der Waals surface area contributed by atoms with Crippen molar-refractivity contribution in [3.63, 3.8) is 0 Å². The van der Waals surface area contributed by atoms with Gasteiger partial charge in [0, 0.05) is 11.8 Å². The van der Waals surface area contributed by atoms with E-state index in [-0.39, 0.29) is 10.9 Å². The van der Waals surface area contributed by atoms with Crippen LogP contribution < -0.4 is 10.1 Å². The molecule has 0 bridgehead atoms. The Bertz CT molecular complexity index is 575. The van der Waals surface area contributed by atoms with Gasteiger partial charge in [-0.1, -0.05) is 23.7 Å². The highest BCUT2D eigenvalue weighted by atomic mass is 35.5. The normalized spacial score (nSPS) is 11.2. The van der Waals surface area contributed by atoms with Gasteiger partial charge in [0.05, 0.1) is 0 Å². The second-order valence-corrected chi connectivity index (χ2v) is 3.93. The van der Waals surface area contributed by atoms with Crippen molar-refractivity contribution in [3.8, 4) is 5.75 Å². The fraction of sp³-hybridized carbons (Fsp3) is 0.0833. The third-order valence-electron chi connectivity index (χ3n) is 2.06. The number of nitrogens with one attached hydrogen (secondary N) is 1. The third kappa shape index (κ3) is 4.33. The summed E-state index contributed by atoms with van der Waals surface area (Å²) in [6.45, 7) is 0. The molecule has 7 heteroatoms. The van der Waals surface area contributed by atoms with Crippen LogP contribution in [0.5, 0.6) is 5.75 Å². The Balaban J connectivity index is 2.15. The molecule has 19 heavy (non-hydrogen) atoms. The minimum Gasteiger partial charge on any atom is -0.406 e. The van der Waals surface area contributed by atoms with Gasteiger partial charge in [0.2, 0.25) is 0 Å². The highest BCUT2D eigenvalue weighted by Crippen LogP contribution is 2.26. The highest BCUT2D eigenvalue weighted by Gasteiger charge is 2.31. The van der Waals surface area contributed by atoms with Crippen LogP contribution in [0, 0.1) is 0 Å². The fourth-order valence-electron chi connectivity index (χ4n) is 1.40. The summed E-state index contributed by atoms with van der Waals surface area (Å²) in [5.41, 5.74) is 0.413. The van der Waals surface area contributed by atoms with E-state index in [1.165, 1.54) is 18.2 Å². The van der Waals surface area contributed by atoms with E-state index in [1.807, 2.05) is 0 Å². The van der Waals surface area contributed by atoms with Gasteiger partial charge < -0.3 is 10.1 Å². The van der Waals surface area contributed by atoms with Crippen LogP contribution in [0.1, 0.15) is 0 Å². The Labute approximate surface area is 112 Å². The van der Waals surface area contributed by atoms with Crippen molar-refractivity contribution in [2.75, 3.05) is 5.32 Å². The first-order valence-electron chi connectivity index (χ1n) is 5.18. The lowest BCUT2D eigenvalue weighted by molar-refractivity contribution is -0.274. The molecule has 1 aromatic carbocycles. The van der Waals surface area contributed by atoms with E-state index in [9.17, 15) is 13.2 Å². The van der Waals surface area contributed by atoms with E-state index in [4.69, 9.17) is 11.6 Å². The number of aromatic nitrogens is 1. The summed E-state index contributed by atoms with van der Waals surface area (Å²) in [5.74, 6) is 0.121. The molecule has 0 unspecified atom stereocenters. The van der Waals surface area contributed by atoms with Crippen LogP contribution in [-0.2, 0) is 0 Å². The van der Waals surface area contributed by atoms with Crippen molar-refractivity contribution in [1.29, 1.82) is 0 Å². The van der Waals surface area contributed by atoms with Crippen LogP contribution >= 0.6 is 11.6 Å². The number of hydrogen-bond donors (Lipinski definition) is 1. The molecule has 2 aromatic rings. The molecule has 0 amide bonds. The average molecular weight is 289 g/mol. The quantitative estimate of drug-likeness (QED) is 0.851. The Kier molecular flexibility index (Phi) is 3.80. The summed E-state index contributed by atoms with van der Waals surface area (Å²) in [6, 6.07) is 10.4. The molecule has 0 radical (unpaired) electrons. The topological polar surface area (TPSA) is 34.1 Å². The van der Waals surface area contributed by atoms with Crippen molar-refractivity contribution in [1.82, 2.24) is 4.98 Å². The van der Waals surface area contributed by atoms with E-state index < -0.39 is 6.36 Å². The fourth-order valence-corrected chi connectivity index (χ4v) is 1.56. The Morgan fingerprint density at radius 2 is 1.84 bits per heavy atom. The number of hydrogen-bond acceptors (Lipinski definition) is 3. The van der Waals surface area contributed by atoms with Gasteiger partial charge >= 0.3 is 6.36 Å². The van der Waals surface area contributed by atoms with E-state index in [0.29, 0.717) is 11.5 Å². The molecule has 0 spiro atoms. The number of alkyl halides is 3. The number of ether oxygens (including phenoxy) is 1. The predicted octanol–water partition coefficient (Wildman–Crippen LogP) is 4.38. The van der Waals surface area contributed by atoms with Crippen molar-refractivity contribution in [2.45, 2.75) is 6.36 Å². The lowest BCUT2D eigenvalue weighted by Crippen LogP contribution is -2.17. The molecule has 1 N–H and O–H groups in total. The third-order valence-corrected chi connectivity index (χ3v) is 2.27. The van der Waals surface area contributed by atoms with Crippen molar-refractivity contribution in [2.24, 2.45) is 0 Å². The summed E-state index contributed by atoms with van der Waals surface area (Å²) in [6.07, 6.45) is -4.72. The molecule has 0 saturated heterocycles. The zero-order valence-corrected chi connectivity index (χ0v) is 10.2. The number of nitrogens with zero attached hydrogens (tertiary/aromatic N) is 1. The SMILES string of the molecule is FC(F)(F)Oc1cccc(Nc2cccc(Cl)n2)c1. The maximum Gasteiger partial charge on any atom is 0.573 e. The second-order valence-electron chi connectivity index (χ2n) is 3.55. The molecule has 0 atom stereocenters. The highest BCUT2D eigenvalue weighted by molar-refractivity contribution is 6.29. The molecule has 2 rings (SSSR count). The lowest BCUT2D eigenvalue weighted by atomic mass is 10.3. The molecule has 0 fully saturated rings. The summed E-state index contributed by atoms with van der Waals surface area (Å²) in [7, 11) is 0. The summed E-state index contributed by atoms with van der Waals surface area (Å²) >= 11 is 5.70. The van der Waals surface area contributed by atoms with Gasteiger partial charge in [-0.2, -0.15) is 0 Å². The molecule has 0 saturated carbocycles. The lowest BCUT2D eigenvalue weighted by Gasteiger charge is -2.11. The molecule has 1 aromatic heterocycles. The van der Waals surface area contributed by atoms with Gasteiger partial charge in [-0.15, -0.1) is 13.2 Å². The Morgan fingerprint density at radius 1 is 1.11 bits per heavy atom. The standard InChI is InChI=1S/C12H8ClF3N2O/c13-10-5-2-6-11(18-10)17-8-3-1-4-9(7-8)19-12(14,15)16/h1-7H,(H,17,18). The molecule has 0 aliphatic carbocycles. The number of pyridine rings is 1. The summed E-state index contributed by atoms with van der Waals surface area (Å²) in [5, 5.41) is 3.11. The van der Waals surface area contributed by atoms with Gasteiger partial charge in [-0.25, -0.2) is 4.98 Å². The van der Waals surface area contributed by atoms with Crippen molar-refractivity contribution < 1.29 is 17.9 Å². The van der Waals surface area contributed by atoms with Crippen LogP contribution in [-0.4, -0.2) is 11.3 Å². The zero-order chi connectivity index (χ0) is 13.9. The van der Waals surface area contributed by atoms with Crippen molar-refractivity contribution in [3.05, 3.63) is 47.6 Å².